The van der Waals surface area contributed by atoms with E-state index in [2.05, 4.69) is 5.16 Å². The molecular formula is C6H9NO3S. The van der Waals surface area contributed by atoms with Gasteiger partial charge in [-0.05, 0) is 13.8 Å². The third kappa shape index (κ3) is 1.86. The smallest absolute Gasteiger partial charge is 0.320 e. The summed E-state index contributed by atoms with van der Waals surface area (Å²) in [7, 11) is 0. The second-order valence-corrected chi connectivity index (χ2v) is 3.63. The molecule has 1 rings (SSSR count). The molecule has 0 radical (unpaired) electrons. The van der Waals surface area contributed by atoms with Crippen LogP contribution in [0.15, 0.2) is 5.16 Å². The van der Waals surface area contributed by atoms with Gasteiger partial charge in [-0.15, -0.1) is 0 Å². The third-order valence-electron chi connectivity index (χ3n) is 1.31. The molecule has 0 aromatic carbocycles. The van der Waals surface area contributed by atoms with E-state index in [1.807, 2.05) is 0 Å². The Morgan fingerprint density at radius 1 is 1.82 bits per heavy atom. The van der Waals surface area contributed by atoms with Gasteiger partial charge in [0.05, 0.1) is 0 Å². The van der Waals surface area contributed by atoms with Gasteiger partial charge < -0.3 is 9.94 Å². The highest BCUT2D eigenvalue weighted by atomic mass is 32.2. The molecule has 0 saturated heterocycles. The maximum Gasteiger partial charge on any atom is 0.320 e. The Hall–Kier alpha value is -0.710. The monoisotopic (exact) mass is 175 g/mol. The summed E-state index contributed by atoms with van der Waals surface area (Å²) in [4.78, 5) is 15.4. The summed E-state index contributed by atoms with van der Waals surface area (Å²) in [6.45, 7) is 3.42. The second-order valence-electron chi connectivity index (χ2n) is 2.30. The van der Waals surface area contributed by atoms with Gasteiger partial charge in [0.2, 0.25) is 0 Å². The molecule has 5 heteroatoms. The summed E-state index contributed by atoms with van der Waals surface area (Å²) >= 11 is 1.23. The van der Waals surface area contributed by atoms with E-state index in [1.54, 1.807) is 13.8 Å². The summed E-state index contributed by atoms with van der Waals surface area (Å²) in [5, 5.41) is 12.5. The molecule has 0 aromatic rings. The van der Waals surface area contributed by atoms with E-state index in [1.165, 1.54) is 11.8 Å². The number of aliphatic carboxylic acids is 1. The fourth-order valence-corrected chi connectivity index (χ4v) is 1.56. The molecule has 62 valence electrons. The summed E-state index contributed by atoms with van der Waals surface area (Å²) in [6, 6.07) is 0. The molecular weight excluding hydrogens is 166 g/mol. The molecule has 0 spiro atoms. The van der Waals surface area contributed by atoms with Crippen LogP contribution in [0.2, 0.25) is 0 Å². The highest BCUT2D eigenvalue weighted by molar-refractivity contribution is 8.15. The Balaban J connectivity index is 2.67. The number of rotatable bonds is 1. The zero-order valence-corrected chi connectivity index (χ0v) is 7.09. The maximum atomic E-state index is 10.6. The van der Waals surface area contributed by atoms with Gasteiger partial charge in [-0.2, -0.15) is 0 Å². The van der Waals surface area contributed by atoms with E-state index in [0.717, 1.165) is 0 Å². The average Bonchev–Trinajstić information content (AvgIpc) is 1.94. The van der Waals surface area contributed by atoms with E-state index >= 15 is 0 Å². The molecule has 1 N–H and O–H groups in total. The fourth-order valence-electron chi connectivity index (χ4n) is 0.765. The Kier molecular flexibility index (Phi) is 2.38. The maximum absolute atomic E-state index is 10.6. The summed E-state index contributed by atoms with van der Waals surface area (Å²) in [5.74, 6) is -0.850. The van der Waals surface area contributed by atoms with Crippen molar-refractivity contribution in [2.45, 2.75) is 25.2 Å². The van der Waals surface area contributed by atoms with E-state index in [0.29, 0.717) is 5.04 Å². The summed E-state index contributed by atoms with van der Waals surface area (Å²) < 4.78 is 0. The predicted molar refractivity (Wildman–Crippen MR) is 42.7 cm³/mol. The number of carbonyl (C=O) groups is 1. The molecule has 2 atom stereocenters. The number of nitrogens with zero attached hydrogens (tertiary/aromatic N) is 1. The number of hydrogen-bond donors (Lipinski definition) is 1. The molecule has 4 nitrogen and oxygen atoms in total. The van der Waals surface area contributed by atoms with Crippen molar-refractivity contribution < 1.29 is 14.7 Å². The molecule has 0 bridgehead atoms. The molecule has 1 aliphatic rings. The van der Waals surface area contributed by atoms with Crippen LogP contribution in [-0.2, 0) is 9.63 Å². The summed E-state index contributed by atoms with van der Waals surface area (Å²) in [5.41, 5.74) is 0. The van der Waals surface area contributed by atoms with Crippen molar-refractivity contribution in [3.8, 4) is 0 Å². The van der Waals surface area contributed by atoms with Crippen LogP contribution in [0.4, 0.5) is 0 Å². The normalized spacial score (nSPS) is 30.5. The number of oxime groups is 1. The second kappa shape index (κ2) is 3.13. The Labute approximate surface area is 68.6 Å². The molecule has 1 heterocycles. The molecule has 0 aliphatic carbocycles. The van der Waals surface area contributed by atoms with Gasteiger partial charge in [0.15, 0.2) is 0 Å². The zero-order valence-electron chi connectivity index (χ0n) is 6.27. The summed E-state index contributed by atoms with van der Waals surface area (Å²) in [6.07, 6.45) is -0.346. The van der Waals surface area contributed by atoms with Crippen molar-refractivity contribution in [3.05, 3.63) is 0 Å². The first kappa shape index (κ1) is 8.39. The van der Waals surface area contributed by atoms with Crippen molar-refractivity contribution in [3.63, 3.8) is 0 Å². The molecule has 2 unspecified atom stereocenters. The van der Waals surface area contributed by atoms with Crippen LogP contribution in [-0.4, -0.2) is 27.5 Å². The van der Waals surface area contributed by atoms with Gasteiger partial charge >= 0.3 is 5.97 Å². The molecule has 0 saturated carbocycles. The van der Waals surface area contributed by atoms with Crippen molar-refractivity contribution in [1.29, 1.82) is 0 Å². The highest BCUT2D eigenvalue weighted by Crippen LogP contribution is 2.23. The van der Waals surface area contributed by atoms with Crippen LogP contribution in [0.3, 0.4) is 0 Å². The van der Waals surface area contributed by atoms with E-state index in [4.69, 9.17) is 9.94 Å². The SMILES string of the molecule is CC1=NOC(C)C(C(=O)O)S1. The van der Waals surface area contributed by atoms with Crippen LogP contribution in [0.25, 0.3) is 0 Å². The molecule has 0 fully saturated rings. The van der Waals surface area contributed by atoms with Crippen LogP contribution in [0.5, 0.6) is 0 Å². The van der Waals surface area contributed by atoms with Gasteiger partial charge in [0.1, 0.15) is 16.4 Å². The van der Waals surface area contributed by atoms with Crippen LogP contribution >= 0.6 is 11.8 Å². The lowest BCUT2D eigenvalue weighted by Crippen LogP contribution is -2.33. The van der Waals surface area contributed by atoms with Gasteiger partial charge in [-0.1, -0.05) is 16.9 Å². The first-order valence-corrected chi connectivity index (χ1v) is 4.09. The first-order valence-electron chi connectivity index (χ1n) is 3.21. The topological polar surface area (TPSA) is 58.9 Å². The van der Waals surface area contributed by atoms with Crippen molar-refractivity contribution in [2.75, 3.05) is 0 Å². The largest absolute Gasteiger partial charge is 0.480 e. The number of carboxylic acids is 1. The van der Waals surface area contributed by atoms with Gasteiger partial charge in [0, 0.05) is 0 Å². The highest BCUT2D eigenvalue weighted by Gasteiger charge is 2.31. The van der Waals surface area contributed by atoms with Gasteiger partial charge in [0.25, 0.3) is 0 Å². The first-order chi connectivity index (χ1) is 5.11. The fraction of sp³-hybridized carbons (Fsp3) is 0.667. The molecule has 0 amide bonds. The Morgan fingerprint density at radius 3 is 2.91 bits per heavy atom. The van der Waals surface area contributed by atoms with Crippen LogP contribution in [0.1, 0.15) is 13.8 Å². The van der Waals surface area contributed by atoms with E-state index < -0.39 is 11.2 Å². The number of hydrogen-bond acceptors (Lipinski definition) is 4. The van der Waals surface area contributed by atoms with Gasteiger partial charge in [-0.25, -0.2) is 0 Å². The average molecular weight is 175 g/mol. The van der Waals surface area contributed by atoms with E-state index in [-0.39, 0.29) is 6.10 Å². The van der Waals surface area contributed by atoms with Crippen LogP contribution < -0.4 is 0 Å². The van der Waals surface area contributed by atoms with Crippen molar-refractivity contribution in [1.82, 2.24) is 0 Å². The lowest BCUT2D eigenvalue weighted by Gasteiger charge is -2.21. The Morgan fingerprint density at radius 2 is 2.45 bits per heavy atom. The molecule has 1 aliphatic heterocycles. The van der Waals surface area contributed by atoms with Crippen LogP contribution in [0, 0.1) is 0 Å². The minimum Gasteiger partial charge on any atom is -0.480 e. The third-order valence-corrected chi connectivity index (χ3v) is 2.57. The molecule has 11 heavy (non-hydrogen) atoms. The van der Waals surface area contributed by atoms with Gasteiger partial charge in [-0.3, -0.25) is 4.79 Å². The number of carboxylic acid groups (broad SMARTS) is 1. The van der Waals surface area contributed by atoms with E-state index in [9.17, 15) is 4.79 Å². The molecule has 0 aromatic heterocycles. The minimum atomic E-state index is -0.850. The standard InChI is InChI=1S/C6H9NO3S/c1-3-5(6(8)9)11-4(2)7-10-3/h3,5H,1-2H3,(H,8,9). The van der Waals surface area contributed by atoms with Crippen molar-refractivity contribution >= 4 is 22.8 Å². The minimum absolute atomic E-state index is 0.346. The zero-order chi connectivity index (χ0) is 8.43. The quantitative estimate of drug-likeness (QED) is 0.644. The van der Waals surface area contributed by atoms with Crippen molar-refractivity contribution in [2.24, 2.45) is 5.16 Å². The predicted octanol–water partition coefficient (Wildman–Crippen LogP) is 0.925. The lowest BCUT2D eigenvalue weighted by molar-refractivity contribution is -0.139. The number of thioether (sulfide) groups is 1. The lowest BCUT2D eigenvalue weighted by atomic mass is 10.3. The Bertz CT molecular complexity index is 204.